The van der Waals surface area contributed by atoms with Crippen molar-refractivity contribution in [3.8, 4) is 0 Å². The Morgan fingerprint density at radius 1 is 1.17 bits per heavy atom. The number of nitrogens with one attached hydrogen (secondary N) is 1. The van der Waals surface area contributed by atoms with Crippen LogP contribution in [-0.2, 0) is 6.54 Å². The van der Waals surface area contributed by atoms with E-state index < -0.39 is 5.82 Å². The Labute approximate surface area is 133 Å². The first-order valence-electron chi connectivity index (χ1n) is 7.26. The molecular formula is C18H16FN3O. The predicted octanol–water partition coefficient (Wildman–Crippen LogP) is 3.63. The van der Waals surface area contributed by atoms with Gasteiger partial charge in [0.1, 0.15) is 5.82 Å². The monoisotopic (exact) mass is 309 g/mol. The molecule has 23 heavy (non-hydrogen) atoms. The van der Waals surface area contributed by atoms with Crippen LogP contribution in [0.4, 0.5) is 10.2 Å². The van der Waals surface area contributed by atoms with E-state index in [1.165, 1.54) is 23.8 Å². The van der Waals surface area contributed by atoms with Gasteiger partial charge in [-0.05, 0) is 30.7 Å². The number of anilines is 1. The van der Waals surface area contributed by atoms with Gasteiger partial charge in [-0.15, -0.1) is 0 Å². The number of halogens is 1. The van der Waals surface area contributed by atoms with E-state index in [1.807, 2.05) is 31.2 Å². The molecule has 2 aromatic carbocycles. The highest BCUT2D eigenvalue weighted by atomic mass is 19.1. The molecule has 1 N–H and O–H groups in total. The van der Waals surface area contributed by atoms with E-state index in [9.17, 15) is 9.18 Å². The van der Waals surface area contributed by atoms with E-state index in [0.717, 1.165) is 5.56 Å². The molecule has 0 saturated heterocycles. The van der Waals surface area contributed by atoms with E-state index in [0.29, 0.717) is 12.4 Å². The summed E-state index contributed by atoms with van der Waals surface area (Å²) in [5.74, 6) is -0.390. The Bertz CT molecular complexity index is 824. The maximum absolute atomic E-state index is 13.1. The normalized spacial score (nSPS) is 10.5. The molecule has 1 heterocycles. The highest BCUT2D eigenvalue weighted by Gasteiger charge is 2.09. The van der Waals surface area contributed by atoms with Crippen molar-refractivity contribution in [1.29, 1.82) is 0 Å². The molecule has 3 rings (SSSR count). The Hall–Kier alpha value is -2.95. The molecule has 5 heteroatoms. The molecule has 0 aliphatic heterocycles. The van der Waals surface area contributed by atoms with Gasteiger partial charge in [-0.3, -0.25) is 9.48 Å². The zero-order chi connectivity index (χ0) is 16.2. The van der Waals surface area contributed by atoms with Gasteiger partial charge in [0.25, 0.3) is 5.91 Å². The zero-order valence-electron chi connectivity index (χ0n) is 12.7. The van der Waals surface area contributed by atoms with Gasteiger partial charge in [0.05, 0.1) is 6.54 Å². The highest BCUT2D eigenvalue weighted by Crippen LogP contribution is 2.10. The lowest BCUT2D eigenvalue weighted by Gasteiger charge is -2.04. The van der Waals surface area contributed by atoms with Crippen LogP contribution < -0.4 is 5.32 Å². The second-order valence-electron chi connectivity index (χ2n) is 5.35. The highest BCUT2D eigenvalue weighted by molar-refractivity contribution is 6.03. The average Bonchev–Trinajstić information content (AvgIpc) is 2.96. The third-order valence-corrected chi connectivity index (χ3v) is 3.43. The number of aromatic nitrogens is 2. The summed E-state index contributed by atoms with van der Waals surface area (Å²) in [4.78, 5) is 12.0. The van der Waals surface area contributed by atoms with Crippen molar-refractivity contribution in [2.45, 2.75) is 13.5 Å². The molecule has 0 saturated carbocycles. The molecule has 116 valence electrons. The molecule has 1 amide bonds. The molecule has 0 radical (unpaired) electrons. The van der Waals surface area contributed by atoms with Gasteiger partial charge in [0, 0.05) is 17.8 Å². The first-order valence-corrected chi connectivity index (χ1v) is 7.26. The minimum absolute atomic E-state index is 0.262. The third kappa shape index (κ3) is 3.83. The summed E-state index contributed by atoms with van der Waals surface area (Å²) in [7, 11) is 0. The van der Waals surface area contributed by atoms with Gasteiger partial charge in [-0.1, -0.05) is 35.9 Å². The van der Waals surface area contributed by atoms with Crippen LogP contribution in [0.15, 0.2) is 60.8 Å². The SMILES string of the molecule is Cc1ccc(Cn2ccc(NC(=O)c3cccc(F)c3)n2)cc1. The molecule has 0 fully saturated rings. The lowest BCUT2D eigenvalue weighted by molar-refractivity contribution is 0.102. The summed E-state index contributed by atoms with van der Waals surface area (Å²) < 4.78 is 14.9. The fourth-order valence-electron chi connectivity index (χ4n) is 2.22. The number of carbonyl (C=O) groups is 1. The lowest BCUT2D eigenvalue weighted by atomic mass is 10.1. The van der Waals surface area contributed by atoms with Crippen LogP contribution in [-0.4, -0.2) is 15.7 Å². The largest absolute Gasteiger partial charge is 0.305 e. The summed E-state index contributed by atoms with van der Waals surface area (Å²) >= 11 is 0. The lowest BCUT2D eigenvalue weighted by Crippen LogP contribution is -2.13. The van der Waals surface area contributed by atoms with E-state index in [1.54, 1.807) is 23.0 Å². The summed E-state index contributed by atoms with van der Waals surface area (Å²) in [6.45, 7) is 2.66. The van der Waals surface area contributed by atoms with Gasteiger partial charge < -0.3 is 5.32 Å². The molecule has 1 aromatic heterocycles. The van der Waals surface area contributed by atoms with Crippen molar-refractivity contribution in [2.75, 3.05) is 5.32 Å². The van der Waals surface area contributed by atoms with Crippen molar-refractivity contribution in [3.63, 3.8) is 0 Å². The summed E-state index contributed by atoms with van der Waals surface area (Å²) in [6.07, 6.45) is 1.79. The van der Waals surface area contributed by atoms with E-state index in [4.69, 9.17) is 0 Å². The number of carbonyl (C=O) groups excluding carboxylic acids is 1. The standard InChI is InChI=1S/C18H16FN3O/c1-13-5-7-14(8-6-13)12-22-10-9-17(21-22)20-18(23)15-3-2-4-16(19)11-15/h2-11H,12H2,1H3,(H,20,21,23). The number of benzene rings is 2. The molecule has 0 bridgehead atoms. The molecule has 0 unspecified atom stereocenters. The van der Waals surface area contributed by atoms with E-state index >= 15 is 0 Å². The first kappa shape index (κ1) is 15.0. The molecule has 0 aliphatic carbocycles. The Kier molecular flexibility index (Phi) is 4.19. The van der Waals surface area contributed by atoms with Crippen molar-refractivity contribution in [3.05, 3.63) is 83.3 Å². The summed E-state index contributed by atoms with van der Waals surface area (Å²) in [5, 5.41) is 6.97. The number of amides is 1. The van der Waals surface area contributed by atoms with Crippen LogP contribution in [0.5, 0.6) is 0 Å². The molecule has 3 aromatic rings. The smallest absolute Gasteiger partial charge is 0.256 e. The Balaban J connectivity index is 1.67. The topological polar surface area (TPSA) is 46.9 Å². The van der Waals surface area contributed by atoms with Gasteiger partial charge >= 0.3 is 0 Å². The second-order valence-corrected chi connectivity index (χ2v) is 5.35. The van der Waals surface area contributed by atoms with Crippen LogP contribution in [0.1, 0.15) is 21.5 Å². The zero-order valence-corrected chi connectivity index (χ0v) is 12.7. The fraction of sp³-hybridized carbons (Fsp3) is 0.111. The van der Waals surface area contributed by atoms with Gasteiger partial charge in [0.2, 0.25) is 0 Å². The van der Waals surface area contributed by atoms with Gasteiger partial charge in [-0.25, -0.2) is 4.39 Å². The molecule has 0 aliphatic rings. The maximum Gasteiger partial charge on any atom is 0.256 e. The van der Waals surface area contributed by atoms with Crippen molar-refractivity contribution < 1.29 is 9.18 Å². The van der Waals surface area contributed by atoms with Crippen molar-refractivity contribution in [2.24, 2.45) is 0 Å². The first-order chi connectivity index (χ1) is 11.1. The Morgan fingerprint density at radius 2 is 1.96 bits per heavy atom. The predicted molar refractivity (Wildman–Crippen MR) is 86.9 cm³/mol. The molecule has 4 nitrogen and oxygen atoms in total. The Morgan fingerprint density at radius 3 is 2.70 bits per heavy atom. The maximum atomic E-state index is 13.1. The fourth-order valence-corrected chi connectivity index (χ4v) is 2.22. The quantitative estimate of drug-likeness (QED) is 0.800. The number of rotatable bonds is 4. The van der Waals surface area contributed by atoms with Crippen molar-refractivity contribution >= 4 is 11.7 Å². The van der Waals surface area contributed by atoms with Crippen LogP contribution in [0.3, 0.4) is 0 Å². The van der Waals surface area contributed by atoms with E-state index in [2.05, 4.69) is 10.4 Å². The van der Waals surface area contributed by atoms with E-state index in [-0.39, 0.29) is 11.5 Å². The number of hydrogen-bond donors (Lipinski definition) is 1. The van der Waals surface area contributed by atoms with Gasteiger partial charge in [-0.2, -0.15) is 5.10 Å². The minimum Gasteiger partial charge on any atom is -0.305 e. The number of aryl methyl sites for hydroxylation is 1. The summed E-state index contributed by atoms with van der Waals surface area (Å²) in [6, 6.07) is 15.4. The van der Waals surface area contributed by atoms with Crippen LogP contribution >= 0.6 is 0 Å². The second kappa shape index (κ2) is 6.44. The average molecular weight is 309 g/mol. The van der Waals surface area contributed by atoms with Crippen LogP contribution in [0.25, 0.3) is 0 Å². The molecular weight excluding hydrogens is 293 g/mol. The molecule has 0 spiro atoms. The minimum atomic E-state index is -0.442. The van der Waals surface area contributed by atoms with Crippen LogP contribution in [0.2, 0.25) is 0 Å². The van der Waals surface area contributed by atoms with Crippen molar-refractivity contribution in [1.82, 2.24) is 9.78 Å². The number of nitrogens with zero attached hydrogens (tertiary/aromatic N) is 2. The molecule has 0 atom stereocenters. The van der Waals surface area contributed by atoms with Crippen LogP contribution in [0, 0.1) is 12.7 Å². The summed E-state index contributed by atoms with van der Waals surface area (Å²) in [5.41, 5.74) is 2.59. The third-order valence-electron chi connectivity index (χ3n) is 3.43. The number of hydrogen-bond acceptors (Lipinski definition) is 2. The van der Waals surface area contributed by atoms with Gasteiger partial charge in [0.15, 0.2) is 5.82 Å².